The van der Waals surface area contributed by atoms with Crippen molar-refractivity contribution in [2.24, 2.45) is 0 Å². The maximum atomic E-state index is 11.7. The van der Waals surface area contributed by atoms with Crippen LogP contribution in [-0.4, -0.2) is 25.1 Å². The molecule has 0 aliphatic carbocycles. The third-order valence-electron chi connectivity index (χ3n) is 3.40. The van der Waals surface area contributed by atoms with Crippen LogP contribution in [0.25, 0.3) is 0 Å². The van der Waals surface area contributed by atoms with E-state index in [-0.39, 0.29) is 25.5 Å². The second-order valence-electron chi connectivity index (χ2n) is 5.43. The van der Waals surface area contributed by atoms with E-state index in [1.807, 2.05) is 37.3 Å². The zero-order valence-electron chi connectivity index (χ0n) is 14.0. The van der Waals surface area contributed by atoms with E-state index in [0.29, 0.717) is 11.6 Å². The van der Waals surface area contributed by atoms with Crippen LogP contribution in [0.4, 0.5) is 0 Å². The Balaban J connectivity index is 1.62. The van der Waals surface area contributed by atoms with Crippen molar-refractivity contribution in [1.29, 1.82) is 0 Å². The number of carbonyl (C=O) groups is 2. The molecule has 5 nitrogen and oxygen atoms in total. The summed E-state index contributed by atoms with van der Waals surface area (Å²) in [5.74, 6) is -0.116. The summed E-state index contributed by atoms with van der Waals surface area (Å²) < 4.78 is 10.4. The molecule has 0 saturated carbocycles. The van der Waals surface area contributed by atoms with Gasteiger partial charge in [0, 0.05) is 11.6 Å². The summed E-state index contributed by atoms with van der Waals surface area (Å²) in [7, 11) is 0. The van der Waals surface area contributed by atoms with Crippen LogP contribution in [0.15, 0.2) is 48.5 Å². The largest absolute Gasteiger partial charge is 0.493 e. The van der Waals surface area contributed by atoms with Crippen molar-refractivity contribution in [2.45, 2.75) is 19.9 Å². The summed E-state index contributed by atoms with van der Waals surface area (Å²) in [5, 5.41) is 3.27. The van der Waals surface area contributed by atoms with Gasteiger partial charge >= 0.3 is 5.97 Å². The highest BCUT2D eigenvalue weighted by atomic mass is 35.5. The van der Waals surface area contributed by atoms with E-state index in [2.05, 4.69) is 5.32 Å². The number of carbonyl (C=O) groups excluding carboxylic acids is 2. The quantitative estimate of drug-likeness (QED) is 0.733. The van der Waals surface area contributed by atoms with Gasteiger partial charge in [-0.15, -0.1) is 0 Å². The van der Waals surface area contributed by atoms with Crippen molar-refractivity contribution < 1.29 is 19.1 Å². The van der Waals surface area contributed by atoms with Crippen LogP contribution in [-0.2, 0) is 20.9 Å². The fourth-order valence-electron chi connectivity index (χ4n) is 2.08. The first kappa shape index (κ1) is 18.8. The van der Waals surface area contributed by atoms with Crippen molar-refractivity contribution in [2.75, 3.05) is 13.2 Å². The first-order valence-electron chi connectivity index (χ1n) is 7.90. The van der Waals surface area contributed by atoms with E-state index in [4.69, 9.17) is 21.1 Å². The highest BCUT2D eigenvalue weighted by molar-refractivity contribution is 6.30. The number of esters is 1. The number of para-hydroxylation sites is 1. The second-order valence-corrected chi connectivity index (χ2v) is 5.87. The third kappa shape index (κ3) is 6.85. The molecular weight excluding hydrogens is 342 g/mol. The normalized spacial score (nSPS) is 10.2. The molecule has 25 heavy (non-hydrogen) atoms. The monoisotopic (exact) mass is 361 g/mol. The average Bonchev–Trinajstić information content (AvgIpc) is 2.60. The SMILES string of the molecule is Cc1ccccc1OCCC(=O)OCC(=O)NCc1cccc(Cl)c1. The number of aryl methyl sites for hydroxylation is 1. The molecule has 0 radical (unpaired) electrons. The summed E-state index contributed by atoms with van der Waals surface area (Å²) in [6.45, 7) is 2.14. The molecule has 1 N–H and O–H groups in total. The van der Waals surface area contributed by atoms with Crippen molar-refractivity contribution in [1.82, 2.24) is 5.32 Å². The maximum Gasteiger partial charge on any atom is 0.309 e. The van der Waals surface area contributed by atoms with Crippen LogP contribution in [0.3, 0.4) is 0 Å². The molecule has 0 heterocycles. The van der Waals surface area contributed by atoms with Crippen LogP contribution in [0, 0.1) is 6.92 Å². The van der Waals surface area contributed by atoms with Gasteiger partial charge in [0.15, 0.2) is 6.61 Å². The predicted octanol–water partition coefficient (Wildman–Crippen LogP) is 3.28. The number of nitrogens with one attached hydrogen (secondary N) is 1. The first-order valence-corrected chi connectivity index (χ1v) is 8.27. The van der Waals surface area contributed by atoms with Crippen LogP contribution < -0.4 is 10.1 Å². The zero-order valence-corrected chi connectivity index (χ0v) is 14.7. The average molecular weight is 362 g/mol. The molecule has 132 valence electrons. The lowest BCUT2D eigenvalue weighted by Gasteiger charge is -2.09. The van der Waals surface area contributed by atoms with Gasteiger partial charge in [-0.25, -0.2) is 0 Å². The Morgan fingerprint density at radius 2 is 1.92 bits per heavy atom. The molecule has 0 atom stereocenters. The Bertz CT molecular complexity index is 733. The Morgan fingerprint density at radius 1 is 1.12 bits per heavy atom. The highest BCUT2D eigenvalue weighted by Gasteiger charge is 2.08. The molecule has 0 fully saturated rings. The Labute approximate surface area is 151 Å². The van der Waals surface area contributed by atoms with Crippen molar-refractivity contribution in [3.8, 4) is 5.75 Å². The standard InChI is InChI=1S/C19H20ClNO4/c1-14-5-2-3-8-17(14)24-10-9-19(23)25-13-18(22)21-12-15-6-4-7-16(20)11-15/h2-8,11H,9-10,12-13H2,1H3,(H,21,22). The number of halogens is 1. The highest BCUT2D eigenvalue weighted by Crippen LogP contribution is 2.16. The number of hydrogen-bond donors (Lipinski definition) is 1. The summed E-state index contributed by atoms with van der Waals surface area (Å²) in [6.07, 6.45) is 0.0793. The first-order chi connectivity index (χ1) is 12.0. The van der Waals surface area contributed by atoms with Gasteiger partial charge in [0.25, 0.3) is 5.91 Å². The molecular formula is C19H20ClNO4. The van der Waals surface area contributed by atoms with E-state index in [1.54, 1.807) is 18.2 Å². The van der Waals surface area contributed by atoms with Gasteiger partial charge in [-0.1, -0.05) is 41.9 Å². The van der Waals surface area contributed by atoms with Gasteiger partial charge in [-0.2, -0.15) is 0 Å². The summed E-state index contributed by atoms with van der Waals surface area (Å²) in [6, 6.07) is 14.7. The Morgan fingerprint density at radius 3 is 2.68 bits per heavy atom. The maximum absolute atomic E-state index is 11.7. The number of hydrogen-bond acceptors (Lipinski definition) is 4. The molecule has 2 rings (SSSR count). The van der Waals surface area contributed by atoms with Crippen LogP contribution in [0.5, 0.6) is 5.75 Å². The number of benzene rings is 2. The number of ether oxygens (including phenoxy) is 2. The van der Waals surface area contributed by atoms with Gasteiger partial charge in [0.2, 0.25) is 0 Å². The van der Waals surface area contributed by atoms with E-state index in [1.165, 1.54) is 0 Å². The third-order valence-corrected chi connectivity index (χ3v) is 3.64. The summed E-state index contributed by atoms with van der Waals surface area (Å²) in [4.78, 5) is 23.3. The van der Waals surface area contributed by atoms with E-state index >= 15 is 0 Å². The number of rotatable bonds is 8. The van der Waals surface area contributed by atoms with Gasteiger partial charge < -0.3 is 14.8 Å². The van der Waals surface area contributed by atoms with Gasteiger partial charge in [-0.3, -0.25) is 9.59 Å². The molecule has 0 spiro atoms. The minimum Gasteiger partial charge on any atom is -0.493 e. The molecule has 0 aromatic heterocycles. The molecule has 2 aromatic rings. The van der Waals surface area contributed by atoms with Crippen molar-refractivity contribution in [3.63, 3.8) is 0 Å². The summed E-state index contributed by atoms with van der Waals surface area (Å²) >= 11 is 5.87. The predicted molar refractivity (Wildman–Crippen MR) is 95.5 cm³/mol. The molecule has 0 aliphatic rings. The van der Waals surface area contributed by atoms with Crippen molar-refractivity contribution >= 4 is 23.5 Å². The van der Waals surface area contributed by atoms with Gasteiger partial charge in [0.1, 0.15) is 5.75 Å². The fraction of sp³-hybridized carbons (Fsp3) is 0.263. The lowest BCUT2D eigenvalue weighted by atomic mass is 10.2. The van der Waals surface area contributed by atoms with Crippen LogP contribution in [0.1, 0.15) is 17.5 Å². The van der Waals surface area contributed by atoms with E-state index in [0.717, 1.165) is 16.9 Å². The second kappa shape index (κ2) is 9.69. The molecule has 0 unspecified atom stereocenters. The molecule has 0 saturated heterocycles. The molecule has 2 aromatic carbocycles. The van der Waals surface area contributed by atoms with Gasteiger partial charge in [-0.05, 0) is 36.2 Å². The summed E-state index contributed by atoms with van der Waals surface area (Å²) in [5.41, 5.74) is 1.87. The Kier molecular flexibility index (Phi) is 7.29. The zero-order chi connectivity index (χ0) is 18.1. The van der Waals surface area contributed by atoms with E-state index in [9.17, 15) is 9.59 Å². The molecule has 0 bridgehead atoms. The lowest BCUT2D eigenvalue weighted by molar-refractivity contribution is -0.149. The van der Waals surface area contributed by atoms with Crippen LogP contribution >= 0.6 is 11.6 Å². The van der Waals surface area contributed by atoms with Crippen molar-refractivity contribution in [3.05, 3.63) is 64.7 Å². The molecule has 6 heteroatoms. The lowest BCUT2D eigenvalue weighted by Crippen LogP contribution is -2.28. The van der Waals surface area contributed by atoms with Gasteiger partial charge in [0.05, 0.1) is 13.0 Å². The molecule has 1 amide bonds. The topological polar surface area (TPSA) is 64.6 Å². The smallest absolute Gasteiger partial charge is 0.309 e. The molecule has 0 aliphatic heterocycles. The fourth-order valence-corrected chi connectivity index (χ4v) is 2.29. The van der Waals surface area contributed by atoms with Crippen LogP contribution in [0.2, 0.25) is 5.02 Å². The Hall–Kier alpha value is -2.53. The number of amides is 1. The minimum absolute atomic E-state index is 0.0793. The minimum atomic E-state index is -0.480. The van der Waals surface area contributed by atoms with E-state index < -0.39 is 5.97 Å².